The zero-order valence-electron chi connectivity index (χ0n) is 20.3. The fourth-order valence-electron chi connectivity index (χ4n) is 6.15. The number of allylic oxidation sites excluding steroid dienone is 1. The average molecular weight is 440 g/mol. The molecule has 1 aliphatic carbocycles. The van der Waals surface area contributed by atoms with Gasteiger partial charge in [-0.05, 0) is 65.4 Å². The van der Waals surface area contributed by atoms with Crippen molar-refractivity contribution < 1.29 is 0 Å². The molecular weight excluding hydrogens is 410 g/mol. The summed E-state index contributed by atoms with van der Waals surface area (Å²) in [5, 5.41) is 2.55. The second-order valence-corrected chi connectivity index (χ2v) is 9.87. The summed E-state index contributed by atoms with van der Waals surface area (Å²) in [6, 6.07) is 26.6. The Bertz CT molecular complexity index is 1660. The van der Waals surface area contributed by atoms with Crippen molar-refractivity contribution in [1.82, 2.24) is 4.57 Å². The maximum atomic E-state index is 4.31. The molecule has 34 heavy (non-hydrogen) atoms. The maximum absolute atomic E-state index is 4.31. The smallest absolute Gasteiger partial charge is 0.0629 e. The van der Waals surface area contributed by atoms with Gasteiger partial charge in [-0.25, -0.2) is 0 Å². The molecule has 6 rings (SSSR count). The highest BCUT2D eigenvalue weighted by Crippen LogP contribution is 2.56. The van der Waals surface area contributed by atoms with E-state index in [1.165, 1.54) is 66.4 Å². The summed E-state index contributed by atoms with van der Waals surface area (Å²) in [6.45, 7) is 13.3. The van der Waals surface area contributed by atoms with Crippen LogP contribution in [0.4, 0.5) is 0 Å². The van der Waals surface area contributed by atoms with Crippen LogP contribution in [0, 0.1) is 6.92 Å². The highest BCUT2D eigenvalue weighted by molar-refractivity contribution is 6.20. The molecule has 1 heteroatoms. The van der Waals surface area contributed by atoms with Gasteiger partial charge in [0.2, 0.25) is 0 Å². The van der Waals surface area contributed by atoms with Crippen molar-refractivity contribution >= 4 is 34.0 Å². The summed E-state index contributed by atoms with van der Waals surface area (Å²) < 4.78 is 2.47. The van der Waals surface area contributed by atoms with Crippen LogP contribution in [0.5, 0.6) is 0 Å². The lowest BCUT2D eigenvalue weighted by Gasteiger charge is -2.25. The Morgan fingerprint density at radius 1 is 0.882 bits per heavy atom. The first kappa shape index (κ1) is 20.7. The van der Waals surface area contributed by atoms with Crippen LogP contribution < -0.4 is 0 Å². The summed E-state index contributed by atoms with van der Waals surface area (Å²) in [4.78, 5) is 0. The van der Waals surface area contributed by atoms with Crippen molar-refractivity contribution in [2.24, 2.45) is 0 Å². The summed E-state index contributed by atoms with van der Waals surface area (Å²) in [6.07, 6.45) is 6.50. The third-order valence-electron chi connectivity index (χ3n) is 7.48. The number of aryl methyl sites for hydroxylation is 1. The van der Waals surface area contributed by atoms with E-state index in [9.17, 15) is 0 Å². The van der Waals surface area contributed by atoms with Gasteiger partial charge in [0, 0.05) is 27.4 Å². The fourth-order valence-corrected chi connectivity index (χ4v) is 6.15. The van der Waals surface area contributed by atoms with Crippen molar-refractivity contribution in [3.05, 3.63) is 113 Å². The fraction of sp³-hybridized carbons (Fsp3) is 0.152. The molecule has 0 atom stereocenters. The van der Waals surface area contributed by atoms with Crippen LogP contribution in [0.1, 0.15) is 48.6 Å². The Morgan fingerprint density at radius 3 is 2.41 bits per heavy atom. The zero-order valence-corrected chi connectivity index (χ0v) is 20.3. The summed E-state index contributed by atoms with van der Waals surface area (Å²) in [5.74, 6) is 0. The Labute approximate surface area is 201 Å². The molecule has 0 N–H and O–H groups in total. The third-order valence-corrected chi connectivity index (χ3v) is 7.48. The van der Waals surface area contributed by atoms with E-state index in [1.807, 2.05) is 0 Å². The van der Waals surface area contributed by atoms with E-state index >= 15 is 0 Å². The molecule has 0 saturated heterocycles. The predicted octanol–water partition coefficient (Wildman–Crippen LogP) is 9.07. The molecule has 1 aromatic heterocycles. The van der Waals surface area contributed by atoms with Gasteiger partial charge in [-0.1, -0.05) is 93.3 Å². The highest BCUT2D eigenvalue weighted by atomic mass is 15.0. The number of hydrogen-bond donors (Lipinski definition) is 0. The molecule has 0 saturated carbocycles. The van der Waals surface area contributed by atoms with Gasteiger partial charge in [-0.3, -0.25) is 0 Å². The summed E-state index contributed by atoms with van der Waals surface area (Å²) >= 11 is 0. The second-order valence-electron chi connectivity index (χ2n) is 9.87. The van der Waals surface area contributed by atoms with Crippen LogP contribution >= 0.6 is 0 Å². The predicted molar refractivity (Wildman–Crippen MR) is 148 cm³/mol. The number of hydrogen-bond acceptors (Lipinski definition) is 0. The molecule has 166 valence electrons. The van der Waals surface area contributed by atoms with E-state index in [-0.39, 0.29) is 5.41 Å². The first-order valence-electron chi connectivity index (χ1n) is 12.0. The normalized spacial score (nSPS) is 14.1. The molecule has 5 aromatic rings. The maximum Gasteiger partial charge on any atom is 0.0629 e. The first-order valence-corrected chi connectivity index (χ1v) is 12.0. The first-order chi connectivity index (χ1) is 16.5. The molecule has 1 heterocycles. The van der Waals surface area contributed by atoms with Crippen molar-refractivity contribution in [1.29, 1.82) is 0 Å². The molecular formula is C33H29N. The molecule has 4 aromatic carbocycles. The second kappa shape index (κ2) is 7.33. The number of rotatable bonds is 3. The molecule has 0 radical (unpaired) electrons. The SMILES string of the molecule is C=Cc1c(/C=C\C)c2c(c3c1c1ccccc1n3-c1cccc(C)c1)-c1ccccc1C2(C)C. The highest BCUT2D eigenvalue weighted by Gasteiger charge is 2.40. The summed E-state index contributed by atoms with van der Waals surface area (Å²) in [7, 11) is 0. The average Bonchev–Trinajstić information content (AvgIpc) is 3.30. The van der Waals surface area contributed by atoms with Gasteiger partial charge in [0.1, 0.15) is 0 Å². The van der Waals surface area contributed by atoms with Gasteiger partial charge < -0.3 is 4.57 Å². The number of benzene rings is 4. The van der Waals surface area contributed by atoms with Crippen molar-refractivity contribution in [2.45, 2.75) is 33.1 Å². The van der Waals surface area contributed by atoms with Crippen molar-refractivity contribution in [3.63, 3.8) is 0 Å². The van der Waals surface area contributed by atoms with E-state index in [4.69, 9.17) is 0 Å². The lowest BCUT2D eigenvalue weighted by molar-refractivity contribution is 0.659. The number of fused-ring (bicyclic) bond motifs is 7. The van der Waals surface area contributed by atoms with Gasteiger partial charge >= 0.3 is 0 Å². The van der Waals surface area contributed by atoms with Crippen LogP contribution in [0.2, 0.25) is 0 Å². The molecule has 0 amide bonds. The lowest BCUT2D eigenvalue weighted by atomic mass is 9.78. The largest absolute Gasteiger partial charge is 0.309 e. The minimum absolute atomic E-state index is 0.111. The Morgan fingerprint density at radius 2 is 1.65 bits per heavy atom. The van der Waals surface area contributed by atoms with E-state index in [0.29, 0.717) is 0 Å². The van der Waals surface area contributed by atoms with E-state index in [1.54, 1.807) is 0 Å². The standard InChI is InChI=1S/C33H29N/c1-6-13-24-23(7-2)29-26-17-9-11-19-28(26)34(22-15-12-14-21(3)20-22)32(29)30-25-16-8-10-18-27(25)33(4,5)31(24)30/h6-20H,2H2,1,3-5H3/b13-6-. The van der Waals surface area contributed by atoms with Gasteiger partial charge in [0.15, 0.2) is 0 Å². The van der Waals surface area contributed by atoms with Gasteiger partial charge in [0.05, 0.1) is 11.0 Å². The Hall–Kier alpha value is -3.84. The van der Waals surface area contributed by atoms with Gasteiger partial charge in [-0.15, -0.1) is 0 Å². The topological polar surface area (TPSA) is 4.93 Å². The van der Waals surface area contributed by atoms with Crippen molar-refractivity contribution in [3.8, 4) is 16.8 Å². The molecule has 0 aliphatic heterocycles. The number of nitrogens with zero attached hydrogens (tertiary/aromatic N) is 1. The van der Waals surface area contributed by atoms with E-state index in [2.05, 4.69) is 130 Å². The van der Waals surface area contributed by atoms with Gasteiger partial charge in [-0.2, -0.15) is 0 Å². The molecule has 1 nitrogen and oxygen atoms in total. The van der Waals surface area contributed by atoms with Crippen molar-refractivity contribution in [2.75, 3.05) is 0 Å². The summed E-state index contributed by atoms with van der Waals surface area (Å²) in [5.41, 5.74) is 12.8. The quantitative estimate of drug-likeness (QED) is 0.264. The van der Waals surface area contributed by atoms with E-state index < -0.39 is 0 Å². The number of para-hydroxylation sites is 1. The molecule has 0 spiro atoms. The molecule has 0 unspecified atom stereocenters. The van der Waals surface area contributed by atoms with Crippen LogP contribution in [-0.2, 0) is 5.41 Å². The third kappa shape index (κ3) is 2.61. The Balaban J connectivity index is 1.97. The van der Waals surface area contributed by atoms with E-state index in [0.717, 1.165) is 0 Å². The molecule has 0 bridgehead atoms. The van der Waals surface area contributed by atoms with Gasteiger partial charge in [0.25, 0.3) is 0 Å². The van der Waals surface area contributed by atoms with Crippen LogP contribution in [-0.4, -0.2) is 4.57 Å². The lowest BCUT2D eigenvalue weighted by Crippen LogP contribution is -2.17. The zero-order chi connectivity index (χ0) is 23.6. The Kier molecular flexibility index (Phi) is 4.47. The molecule has 1 aliphatic rings. The monoisotopic (exact) mass is 439 g/mol. The van der Waals surface area contributed by atoms with Crippen LogP contribution in [0.25, 0.3) is 50.8 Å². The van der Waals surface area contributed by atoms with Crippen LogP contribution in [0.15, 0.2) is 85.5 Å². The minimum atomic E-state index is -0.111. The number of aromatic nitrogens is 1. The minimum Gasteiger partial charge on any atom is -0.309 e. The van der Waals surface area contributed by atoms with Crippen LogP contribution in [0.3, 0.4) is 0 Å². The molecule has 0 fully saturated rings.